The minimum absolute atomic E-state index is 0. The zero-order valence-electron chi connectivity index (χ0n) is 16.4. The van der Waals surface area contributed by atoms with Crippen LogP contribution in [0, 0.1) is 11.6 Å². The first-order valence-corrected chi connectivity index (χ1v) is 9.72. The number of hydrogen-bond donors (Lipinski definition) is 0. The van der Waals surface area contributed by atoms with Gasteiger partial charge >= 0.3 is 0 Å². The van der Waals surface area contributed by atoms with E-state index in [1.165, 1.54) is 31.2 Å². The number of halogens is 4. The molecule has 1 atom stereocenters. The average molecular weight is 460 g/mol. The van der Waals surface area contributed by atoms with E-state index in [4.69, 9.17) is 4.74 Å². The molecule has 4 rings (SSSR count). The lowest BCUT2D eigenvalue weighted by molar-refractivity contribution is 0.0708. The van der Waals surface area contributed by atoms with E-state index in [1.54, 1.807) is 6.07 Å². The van der Waals surface area contributed by atoms with Crippen molar-refractivity contribution in [2.75, 3.05) is 26.2 Å². The molecule has 164 valence electrons. The first kappa shape index (κ1) is 24.3. The van der Waals surface area contributed by atoms with E-state index >= 15 is 0 Å². The molecule has 0 aliphatic carbocycles. The smallest absolute Gasteiger partial charge is 0.255 e. The topological polar surface area (TPSA) is 45.7 Å². The number of rotatable bonds is 5. The van der Waals surface area contributed by atoms with Gasteiger partial charge in [0, 0.05) is 37.5 Å². The molecule has 30 heavy (non-hydrogen) atoms. The van der Waals surface area contributed by atoms with Crippen LogP contribution >= 0.6 is 24.8 Å². The van der Waals surface area contributed by atoms with Crippen LogP contribution < -0.4 is 4.74 Å². The molecule has 1 aromatic heterocycles. The molecule has 0 bridgehead atoms. The first-order chi connectivity index (χ1) is 13.6. The summed E-state index contributed by atoms with van der Waals surface area (Å²) in [6, 6.07) is 6.48. The molecule has 1 aromatic carbocycles. The van der Waals surface area contributed by atoms with Crippen LogP contribution in [0.2, 0.25) is 0 Å². The molecule has 2 saturated heterocycles. The normalized spacial score (nSPS) is 18.6. The monoisotopic (exact) mass is 459 g/mol. The lowest BCUT2D eigenvalue weighted by Gasteiger charge is -2.28. The average Bonchev–Trinajstić information content (AvgIpc) is 3.37. The van der Waals surface area contributed by atoms with Crippen molar-refractivity contribution in [1.82, 2.24) is 14.8 Å². The van der Waals surface area contributed by atoms with E-state index < -0.39 is 11.6 Å². The van der Waals surface area contributed by atoms with Crippen LogP contribution in [-0.2, 0) is 0 Å². The highest BCUT2D eigenvalue weighted by molar-refractivity contribution is 5.94. The third-order valence-electron chi connectivity index (χ3n) is 5.40. The summed E-state index contributed by atoms with van der Waals surface area (Å²) < 4.78 is 32.0. The Morgan fingerprint density at radius 3 is 2.50 bits per heavy atom. The molecule has 5 nitrogen and oxygen atoms in total. The second kappa shape index (κ2) is 10.9. The van der Waals surface area contributed by atoms with Gasteiger partial charge in [0.05, 0.1) is 5.56 Å². The van der Waals surface area contributed by atoms with Gasteiger partial charge in [0.1, 0.15) is 5.82 Å². The zero-order valence-corrected chi connectivity index (χ0v) is 18.1. The number of nitrogens with zero attached hydrogens (tertiary/aromatic N) is 3. The minimum Gasteiger partial charge on any atom is -0.436 e. The number of amides is 1. The summed E-state index contributed by atoms with van der Waals surface area (Å²) in [6.07, 6.45) is 5.97. The van der Waals surface area contributed by atoms with Crippen molar-refractivity contribution >= 4 is 30.7 Å². The van der Waals surface area contributed by atoms with Crippen LogP contribution in [0.5, 0.6) is 11.6 Å². The molecular formula is C21H25Cl2F2N3O2. The molecule has 2 aliphatic rings. The number of carbonyl (C=O) groups excluding carboxylic acids is 1. The number of likely N-dealkylation sites (tertiary alicyclic amines) is 2. The second-order valence-corrected chi connectivity index (χ2v) is 7.36. The number of carbonyl (C=O) groups is 1. The van der Waals surface area contributed by atoms with E-state index in [0.29, 0.717) is 5.56 Å². The summed E-state index contributed by atoms with van der Waals surface area (Å²) in [7, 11) is 0. The standard InChI is InChI=1S/C21H23F2N3O2.2ClH/c22-16-6-7-19(18(23)12-16)28-20-8-5-15(13-24-20)21(27)26-11-3-4-17(26)14-25-9-1-2-10-25;;/h5-8,12-13,17H,1-4,9-11,14H2;2*1H/t17-;;/m0../s1. The van der Waals surface area contributed by atoms with Gasteiger partial charge in [-0.3, -0.25) is 4.79 Å². The summed E-state index contributed by atoms with van der Waals surface area (Å²) in [5.74, 6) is -1.47. The Morgan fingerprint density at radius 2 is 1.83 bits per heavy atom. The van der Waals surface area contributed by atoms with Gasteiger partial charge in [0.25, 0.3) is 5.91 Å². The third kappa shape index (κ3) is 5.59. The van der Waals surface area contributed by atoms with Gasteiger partial charge < -0.3 is 14.5 Å². The quantitative estimate of drug-likeness (QED) is 0.649. The summed E-state index contributed by atoms with van der Waals surface area (Å²) in [4.78, 5) is 21.4. The van der Waals surface area contributed by atoms with Gasteiger partial charge in [-0.1, -0.05) is 0 Å². The number of pyridine rings is 1. The van der Waals surface area contributed by atoms with E-state index in [0.717, 1.165) is 51.2 Å². The van der Waals surface area contributed by atoms with E-state index in [9.17, 15) is 13.6 Å². The lowest BCUT2D eigenvalue weighted by Crippen LogP contribution is -2.42. The van der Waals surface area contributed by atoms with Crippen molar-refractivity contribution in [3.63, 3.8) is 0 Å². The van der Waals surface area contributed by atoms with Crippen LogP contribution in [0.4, 0.5) is 8.78 Å². The Morgan fingerprint density at radius 1 is 1.07 bits per heavy atom. The van der Waals surface area contributed by atoms with Crippen molar-refractivity contribution < 1.29 is 18.3 Å². The fourth-order valence-electron chi connectivity index (χ4n) is 3.96. The van der Waals surface area contributed by atoms with Crippen LogP contribution in [0.3, 0.4) is 0 Å². The maximum absolute atomic E-state index is 13.7. The number of ether oxygens (including phenoxy) is 1. The van der Waals surface area contributed by atoms with Crippen molar-refractivity contribution in [3.8, 4) is 11.6 Å². The highest BCUT2D eigenvalue weighted by Gasteiger charge is 2.31. The highest BCUT2D eigenvalue weighted by atomic mass is 35.5. The zero-order chi connectivity index (χ0) is 19.5. The van der Waals surface area contributed by atoms with Gasteiger partial charge in [-0.15, -0.1) is 24.8 Å². The summed E-state index contributed by atoms with van der Waals surface area (Å²) in [6.45, 7) is 3.93. The van der Waals surface area contributed by atoms with Gasteiger partial charge in [-0.25, -0.2) is 13.8 Å². The molecule has 2 aliphatic heterocycles. The van der Waals surface area contributed by atoms with Crippen molar-refractivity contribution in [1.29, 1.82) is 0 Å². The SMILES string of the molecule is Cl.Cl.O=C(c1ccc(Oc2ccc(F)cc2F)nc1)N1CCC[C@H]1CN1CCCC1. The second-order valence-electron chi connectivity index (χ2n) is 7.36. The fraction of sp³-hybridized carbons (Fsp3) is 0.429. The predicted molar refractivity (Wildman–Crippen MR) is 115 cm³/mol. The Hall–Kier alpha value is -1.96. The Labute approximate surface area is 187 Å². The summed E-state index contributed by atoms with van der Waals surface area (Å²) in [5.41, 5.74) is 0.486. The van der Waals surface area contributed by atoms with E-state index in [2.05, 4.69) is 9.88 Å². The van der Waals surface area contributed by atoms with Crippen molar-refractivity contribution in [2.24, 2.45) is 0 Å². The van der Waals surface area contributed by atoms with Gasteiger partial charge in [0.15, 0.2) is 11.6 Å². The summed E-state index contributed by atoms with van der Waals surface area (Å²) in [5, 5.41) is 0. The van der Waals surface area contributed by atoms with Crippen molar-refractivity contribution in [3.05, 3.63) is 53.7 Å². The van der Waals surface area contributed by atoms with Crippen LogP contribution in [0.25, 0.3) is 0 Å². The fourth-order valence-corrected chi connectivity index (χ4v) is 3.96. The molecule has 2 fully saturated rings. The van der Waals surface area contributed by atoms with Crippen LogP contribution in [-0.4, -0.2) is 52.9 Å². The third-order valence-corrected chi connectivity index (χ3v) is 5.40. The minimum atomic E-state index is -0.802. The number of hydrogen-bond acceptors (Lipinski definition) is 4. The molecule has 9 heteroatoms. The molecule has 3 heterocycles. The largest absolute Gasteiger partial charge is 0.436 e. The van der Waals surface area contributed by atoms with Gasteiger partial charge in [-0.05, 0) is 57.0 Å². The number of benzene rings is 1. The highest BCUT2D eigenvalue weighted by Crippen LogP contribution is 2.25. The van der Waals surface area contributed by atoms with E-state index in [-0.39, 0.29) is 48.4 Å². The summed E-state index contributed by atoms with van der Waals surface area (Å²) >= 11 is 0. The van der Waals surface area contributed by atoms with E-state index in [1.807, 2.05) is 4.90 Å². The Kier molecular flexibility index (Phi) is 8.82. The lowest BCUT2D eigenvalue weighted by atomic mass is 10.2. The molecule has 2 aromatic rings. The Balaban J connectivity index is 0.00000160. The number of aromatic nitrogens is 1. The molecule has 0 saturated carbocycles. The predicted octanol–water partition coefficient (Wildman–Crippen LogP) is 4.70. The molecular weight excluding hydrogens is 435 g/mol. The van der Waals surface area contributed by atoms with Crippen LogP contribution in [0.1, 0.15) is 36.0 Å². The Bertz CT molecular complexity index is 849. The van der Waals surface area contributed by atoms with Crippen molar-refractivity contribution in [2.45, 2.75) is 31.7 Å². The van der Waals surface area contributed by atoms with Gasteiger partial charge in [0.2, 0.25) is 5.88 Å². The molecule has 0 unspecified atom stereocenters. The maximum atomic E-state index is 13.7. The molecule has 1 amide bonds. The molecule has 0 N–H and O–H groups in total. The molecule has 0 spiro atoms. The first-order valence-electron chi connectivity index (χ1n) is 9.72. The van der Waals surface area contributed by atoms with Gasteiger partial charge in [-0.2, -0.15) is 0 Å². The van der Waals surface area contributed by atoms with Crippen LogP contribution in [0.15, 0.2) is 36.5 Å². The molecule has 0 radical (unpaired) electrons. The maximum Gasteiger partial charge on any atom is 0.255 e.